The Balaban J connectivity index is 2.58. The summed E-state index contributed by atoms with van der Waals surface area (Å²) in [4.78, 5) is 22.7. The Kier molecular flexibility index (Phi) is 5.36. The number of benzene rings is 1. The van der Waals surface area contributed by atoms with Crippen molar-refractivity contribution in [3.05, 3.63) is 29.8 Å². The second kappa shape index (κ2) is 6.78. The maximum absolute atomic E-state index is 11.7. The van der Waals surface area contributed by atoms with Crippen LogP contribution in [0.3, 0.4) is 0 Å². The molecule has 1 atom stereocenters. The van der Waals surface area contributed by atoms with E-state index >= 15 is 0 Å². The zero-order valence-electron chi connectivity index (χ0n) is 11.8. The molecule has 3 N–H and O–H groups in total. The predicted octanol–water partition coefficient (Wildman–Crippen LogP) is 2.07. The third-order valence-electron chi connectivity index (χ3n) is 2.82. The molecule has 0 saturated heterocycles. The van der Waals surface area contributed by atoms with E-state index in [1.54, 1.807) is 6.92 Å². The van der Waals surface area contributed by atoms with Crippen molar-refractivity contribution in [1.29, 1.82) is 0 Å². The fourth-order valence-corrected chi connectivity index (χ4v) is 1.56. The van der Waals surface area contributed by atoms with Gasteiger partial charge >= 0.3 is 6.03 Å². The molecule has 0 aliphatic heterocycles. The molecule has 19 heavy (non-hydrogen) atoms. The van der Waals surface area contributed by atoms with Gasteiger partial charge in [-0.15, -0.1) is 0 Å². The third-order valence-corrected chi connectivity index (χ3v) is 2.82. The first kappa shape index (κ1) is 15.0. The van der Waals surface area contributed by atoms with Crippen LogP contribution in [0.4, 0.5) is 10.5 Å². The zero-order chi connectivity index (χ0) is 14.4. The van der Waals surface area contributed by atoms with E-state index in [2.05, 4.69) is 29.8 Å². The first-order valence-electron chi connectivity index (χ1n) is 6.33. The SMILES string of the molecule is CNC(=O)NC(=O)C(C)Nc1ccc(C(C)C)cc1. The highest BCUT2D eigenvalue weighted by molar-refractivity contribution is 5.97. The van der Waals surface area contributed by atoms with Crippen LogP contribution in [-0.2, 0) is 4.79 Å². The van der Waals surface area contributed by atoms with Gasteiger partial charge in [0.05, 0.1) is 0 Å². The minimum absolute atomic E-state index is 0.368. The Morgan fingerprint density at radius 1 is 1.05 bits per heavy atom. The van der Waals surface area contributed by atoms with Crippen molar-refractivity contribution >= 4 is 17.6 Å². The first-order chi connectivity index (χ1) is 8.93. The lowest BCUT2D eigenvalue weighted by Gasteiger charge is -2.15. The Hall–Kier alpha value is -2.04. The number of carbonyl (C=O) groups excluding carboxylic acids is 2. The molecule has 1 aromatic rings. The molecule has 0 aliphatic rings. The summed E-state index contributed by atoms with van der Waals surface area (Å²) in [6.07, 6.45) is 0. The smallest absolute Gasteiger partial charge is 0.321 e. The molecule has 1 unspecified atom stereocenters. The molecule has 0 saturated carbocycles. The average Bonchev–Trinajstić information content (AvgIpc) is 2.38. The van der Waals surface area contributed by atoms with Crippen molar-refractivity contribution in [2.75, 3.05) is 12.4 Å². The highest BCUT2D eigenvalue weighted by atomic mass is 16.2. The van der Waals surface area contributed by atoms with Crippen molar-refractivity contribution in [2.45, 2.75) is 32.7 Å². The normalized spacial score (nSPS) is 11.8. The van der Waals surface area contributed by atoms with Crippen molar-refractivity contribution in [2.24, 2.45) is 0 Å². The van der Waals surface area contributed by atoms with E-state index in [-0.39, 0.29) is 5.91 Å². The molecule has 0 aliphatic carbocycles. The van der Waals surface area contributed by atoms with Gasteiger partial charge in [-0.3, -0.25) is 10.1 Å². The van der Waals surface area contributed by atoms with Gasteiger partial charge < -0.3 is 10.6 Å². The quantitative estimate of drug-likeness (QED) is 0.778. The molecule has 104 valence electrons. The lowest BCUT2D eigenvalue weighted by atomic mass is 10.0. The van der Waals surface area contributed by atoms with Crippen LogP contribution in [0.15, 0.2) is 24.3 Å². The van der Waals surface area contributed by atoms with Gasteiger partial charge in [-0.05, 0) is 30.5 Å². The highest BCUT2D eigenvalue weighted by Crippen LogP contribution is 2.17. The number of nitrogens with one attached hydrogen (secondary N) is 3. The van der Waals surface area contributed by atoms with Crippen molar-refractivity contribution in [3.8, 4) is 0 Å². The molecule has 0 fully saturated rings. The van der Waals surface area contributed by atoms with Gasteiger partial charge in [-0.2, -0.15) is 0 Å². The first-order valence-corrected chi connectivity index (χ1v) is 6.33. The van der Waals surface area contributed by atoms with Crippen molar-refractivity contribution in [3.63, 3.8) is 0 Å². The summed E-state index contributed by atoms with van der Waals surface area (Å²) in [7, 11) is 1.46. The summed E-state index contributed by atoms with van der Waals surface area (Å²) in [5.74, 6) is 0.107. The van der Waals surface area contributed by atoms with Gasteiger partial charge in [0.25, 0.3) is 0 Å². The van der Waals surface area contributed by atoms with Crippen LogP contribution in [0, 0.1) is 0 Å². The van der Waals surface area contributed by atoms with E-state index in [9.17, 15) is 9.59 Å². The number of amides is 3. The van der Waals surface area contributed by atoms with Gasteiger partial charge in [0, 0.05) is 12.7 Å². The second-order valence-electron chi connectivity index (χ2n) is 4.71. The van der Waals surface area contributed by atoms with Crippen LogP contribution in [0.1, 0.15) is 32.3 Å². The van der Waals surface area contributed by atoms with Gasteiger partial charge in [0.15, 0.2) is 0 Å². The maximum Gasteiger partial charge on any atom is 0.321 e. The summed E-state index contributed by atoms with van der Waals surface area (Å²) >= 11 is 0. The third kappa shape index (κ3) is 4.62. The summed E-state index contributed by atoms with van der Waals surface area (Å²) in [5.41, 5.74) is 2.09. The Bertz CT molecular complexity index is 441. The zero-order valence-corrected chi connectivity index (χ0v) is 11.8. The molecule has 5 heteroatoms. The summed E-state index contributed by atoms with van der Waals surface area (Å²) in [5, 5.41) is 7.61. The molecule has 0 aromatic heterocycles. The van der Waals surface area contributed by atoms with E-state index in [4.69, 9.17) is 0 Å². The molecule has 0 radical (unpaired) electrons. The molecule has 0 heterocycles. The summed E-state index contributed by atoms with van der Waals surface area (Å²) < 4.78 is 0. The van der Waals surface area contributed by atoms with Crippen LogP contribution in [-0.4, -0.2) is 25.0 Å². The molecular formula is C14H21N3O2. The highest BCUT2D eigenvalue weighted by Gasteiger charge is 2.14. The number of rotatable bonds is 4. The van der Waals surface area contributed by atoms with Crippen molar-refractivity contribution in [1.82, 2.24) is 10.6 Å². The lowest BCUT2D eigenvalue weighted by molar-refractivity contribution is -0.120. The minimum atomic E-state index is -0.506. The predicted molar refractivity (Wildman–Crippen MR) is 76.2 cm³/mol. The Morgan fingerprint density at radius 2 is 1.63 bits per heavy atom. The maximum atomic E-state index is 11.7. The molecule has 5 nitrogen and oxygen atoms in total. The summed E-state index contributed by atoms with van der Waals surface area (Å²) in [6, 6.07) is 6.92. The van der Waals surface area contributed by atoms with E-state index in [0.29, 0.717) is 5.92 Å². The number of hydrogen-bond acceptors (Lipinski definition) is 3. The van der Waals surface area contributed by atoms with Gasteiger partial charge in [0.2, 0.25) is 5.91 Å². The van der Waals surface area contributed by atoms with E-state index in [1.165, 1.54) is 12.6 Å². The fourth-order valence-electron chi connectivity index (χ4n) is 1.56. The fraction of sp³-hybridized carbons (Fsp3) is 0.429. The molecule has 0 bridgehead atoms. The second-order valence-corrected chi connectivity index (χ2v) is 4.71. The molecule has 1 aromatic carbocycles. The summed E-state index contributed by atoms with van der Waals surface area (Å²) in [6.45, 7) is 5.96. The van der Waals surface area contributed by atoms with E-state index < -0.39 is 12.1 Å². The molecule has 1 rings (SSSR count). The molecule has 0 spiro atoms. The average molecular weight is 263 g/mol. The largest absolute Gasteiger partial charge is 0.374 e. The number of imide groups is 1. The van der Waals surface area contributed by atoms with Gasteiger partial charge in [0.1, 0.15) is 6.04 Å². The van der Waals surface area contributed by atoms with Crippen LogP contribution < -0.4 is 16.0 Å². The van der Waals surface area contributed by atoms with Crippen LogP contribution >= 0.6 is 0 Å². The van der Waals surface area contributed by atoms with E-state index in [1.807, 2.05) is 24.3 Å². The lowest BCUT2D eigenvalue weighted by Crippen LogP contribution is -2.44. The monoisotopic (exact) mass is 263 g/mol. The number of hydrogen-bond donors (Lipinski definition) is 3. The van der Waals surface area contributed by atoms with Crippen LogP contribution in [0.2, 0.25) is 0 Å². The topological polar surface area (TPSA) is 70.2 Å². The van der Waals surface area contributed by atoms with Gasteiger partial charge in [-0.1, -0.05) is 26.0 Å². The van der Waals surface area contributed by atoms with Crippen LogP contribution in [0.5, 0.6) is 0 Å². The van der Waals surface area contributed by atoms with Crippen LogP contribution in [0.25, 0.3) is 0 Å². The molecular weight excluding hydrogens is 242 g/mol. The Morgan fingerprint density at radius 3 is 2.11 bits per heavy atom. The Labute approximate surface area is 113 Å². The molecule has 3 amide bonds. The van der Waals surface area contributed by atoms with Crippen molar-refractivity contribution < 1.29 is 9.59 Å². The standard InChI is InChI=1S/C14H21N3O2/c1-9(2)11-5-7-12(8-6-11)16-10(3)13(18)17-14(19)15-4/h5-10,16H,1-4H3,(H2,15,17,18,19). The number of anilines is 1. The number of carbonyl (C=O) groups is 2. The minimum Gasteiger partial charge on any atom is -0.374 e. The van der Waals surface area contributed by atoms with Gasteiger partial charge in [-0.25, -0.2) is 4.79 Å². The van der Waals surface area contributed by atoms with E-state index in [0.717, 1.165) is 5.69 Å². The number of urea groups is 1.